The van der Waals surface area contributed by atoms with Crippen LogP contribution in [0.4, 0.5) is 11.5 Å². The largest absolute Gasteiger partial charge is 0.340 e. The van der Waals surface area contributed by atoms with Gasteiger partial charge in [-0.05, 0) is 42.7 Å². The van der Waals surface area contributed by atoms with Crippen molar-refractivity contribution < 1.29 is 0 Å². The molecule has 1 heterocycles. The molecule has 4 heteroatoms. The topological polar surface area (TPSA) is 48.7 Å². The minimum atomic E-state index is 0.311. The third-order valence-electron chi connectivity index (χ3n) is 2.97. The number of nitrogens with one attached hydrogen (secondary N) is 1. The van der Waals surface area contributed by atoms with Crippen molar-refractivity contribution in [3.63, 3.8) is 0 Å². The molecule has 1 N–H and O–H groups in total. The summed E-state index contributed by atoms with van der Waals surface area (Å²) in [6.45, 7) is 2.19. The van der Waals surface area contributed by atoms with Crippen LogP contribution in [0.15, 0.2) is 36.4 Å². The Hall–Kier alpha value is -2.05. The van der Waals surface area contributed by atoms with Gasteiger partial charge >= 0.3 is 0 Å². The summed E-state index contributed by atoms with van der Waals surface area (Å²) in [5.74, 6) is 0.579. The minimum absolute atomic E-state index is 0.311. The number of pyridine rings is 1. The number of nitriles is 1. The van der Waals surface area contributed by atoms with Crippen molar-refractivity contribution in [1.82, 2.24) is 4.98 Å². The van der Waals surface area contributed by atoms with Crippen LogP contribution in [-0.4, -0.2) is 4.98 Å². The van der Waals surface area contributed by atoms with E-state index in [1.807, 2.05) is 12.1 Å². The quantitative estimate of drug-likeness (QED) is 0.811. The van der Waals surface area contributed by atoms with E-state index in [-0.39, 0.29) is 0 Å². The van der Waals surface area contributed by atoms with Gasteiger partial charge in [-0.15, -0.1) is 0 Å². The van der Waals surface area contributed by atoms with E-state index in [0.717, 1.165) is 12.1 Å². The summed E-state index contributed by atoms with van der Waals surface area (Å²) in [5, 5.41) is 12.4. The number of rotatable bonds is 5. The lowest BCUT2D eigenvalue weighted by atomic mass is 10.1. The summed E-state index contributed by atoms with van der Waals surface area (Å²) in [6, 6.07) is 13.5. The lowest BCUT2D eigenvalue weighted by Gasteiger charge is -2.07. The minimum Gasteiger partial charge on any atom is -0.340 e. The first-order chi connectivity index (χ1) is 9.71. The highest BCUT2D eigenvalue weighted by Gasteiger charge is 2.02. The van der Waals surface area contributed by atoms with Gasteiger partial charge in [-0.25, -0.2) is 4.98 Å². The van der Waals surface area contributed by atoms with E-state index in [1.165, 1.54) is 18.4 Å². The Morgan fingerprint density at radius 3 is 2.65 bits per heavy atom. The van der Waals surface area contributed by atoms with E-state index in [4.69, 9.17) is 16.9 Å². The van der Waals surface area contributed by atoms with Crippen LogP contribution in [0.5, 0.6) is 0 Å². The molecular weight excluding hydrogens is 270 g/mol. The average Bonchev–Trinajstić information content (AvgIpc) is 2.46. The Kier molecular flexibility index (Phi) is 4.97. The molecular formula is C16H16ClN3. The summed E-state index contributed by atoms with van der Waals surface area (Å²) in [7, 11) is 0. The fourth-order valence-corrected chi connectivity index (χ4v) is 2.12. The molecule has 0 saturated heterocycles. The summed E-state index contributed by atoms with van der Waals surface area (Å²) < 4.78 is 0. The van der Waals surface area contributed by atoms with Gasteiger partial charge in [0.25, 0.3) is 0 Å². The second-order valence-corrected chi connectivity index (χ2v) is 4.99. The van der Waals surface area contributed by atoms with Crippen molar-refractivity contribution in [2.75, 3.05) is 5.32 Å². The van der Waals surface area contributed by atoms with Crippen LogP contribution < -0.4 is 5.32 Å². The van der Waals surface area contributed by atoms with E-state index in [0.29, 0.717) is 16.5 Å². The average molecular weight is 286 g/mol. The highest BCUT2D eigenvalue weighted by atomic mass is 35.5. The van der Waals surface area contributed by atoms with Crippen LogP contribution in [0.2, 0.25) is 5.15 Å². The Balaban J connectivity index is 2.10. The number of unbranched alkanes of at least 4 members (excludes halogenated alkanes) is 1. The maximum absolute atomic E-state index is 8.91. The van der Waals surface area contributed by atoms with Crippen molar-refractivity contribution in [1.29, 1.82) is 5.26 Å². The molecule has 1 aromatic heterocycles. The summed E-state index contributed by atoms with van der Waals surface area (Å²) in [5.41, 5.74) is 2.75. The molecule has 0 aliphatic rings. The van der Waals surface area contributed by atoms with Crippen LogP contribution in [0.1, 0.15) is 30.9 Å². The SMILES string of the molecule is CCCCc1ccc(Nc2cc(C#N)cc(Cl)n2)cc1. The van der Waals surface area contributed by atoms with Gasteiger partial charge in [0.15, 0.2) is 0 Å². The van der Waals surface area contributed by atoms with Crippen molar-refractivity contribution >= 4 is 23.1 Å². The van der Waals surface area contributed by atoms with Gasteiger partial charge in [-0.1, -0.05) is 37.1 Å². The van der Waals surface area contributed by atoms with E-state index in [9.17, 15) is 0 Å². The van der Waals surface area contributed by atoms with Crippen molar-refractivity contribution in [3.05, 3.63) is 52.7 Å². The monoisotopic (exact) mass is 285 g/mol. The molecule has 1 aromatic carbocycles. The number of nitrogens with zero attached hydrogens (tertiary/aromatic N) is 2. The third-order valence-corrected chi connectivity index (χ3v) is 3.16. The number of aromatic nitrogens is 1. The molecule has 0 atom stereocenters. The van der Waals surface area contributed by atoms with Crippen molar-refractivity contribution in [2.45, 2.75) is 26.2 Å². The Morgan fingerprint density at radius 2 is 2.00 bits per heavy atom. The van der Waals surface area contributed by atoms with Crippen molar-refractivity contribution in [3.8, 4) is 6.07 Å². The summed E-state index contributed by atoms with van der Waals surface area (Å²) in [4.78, 5) is 4.15. The number of hydrogen-bond acceptors (Lipinski definition) is 3. The second kappa shape index (κ2) is 6.93. The molecule has 0 spiro atoms. The van der Waals surface area contributed by atoms with Gasteiger partial charge in [-0.2, -0.15) is 5.26 Å². The van der Waals surface area contributed by atoms with Crippen LogP contribution >= 0.6 is 11.6 Å². The molecule has 0 aliphatic heterocycles. The molecule has 0 fully saturated rings. The number of anilines is 2. The normalized spacial score (nSPS) is 10.1. The van der Waals surface area contributed by atoms with E-state index in [2.05, 4.69) is 35.4 Å². The van der Waals surface area contributed by atoms with Crippen LogP contribution in [-0.2, 0) is 6.42 Å². The van der Waals surface area contributed by atoms with E-state index >= 15 is 0 Å². The maximum atomic E-state index is 8.91. The molecule has 0 unspecified atom stereocenters. The molecule has 0 saturated carbocycles. The fraction of sp³-hybridized carbons (Fsp3) is 0.250. The third kappa shape index (κ3) is 3.97. The first-order valence-electron chi connectivity index (χ1n) is 6.65. The smallest absolute Gasteiger partial charge is 0.133 e. The zero-order chi connectivity index (χ0) is 14.4. The maximum Gasteiger partial charge on any atom is 0.133 e. The Bertz CT molecular complexity index is 615. The molecule has 0 radical (unpaired) electrons. The first-order valence-corrected chi connectivity index (χ1v) is 7.02. The number of aryl methyl sites for hydroxylation is 1. The summed E-state index contributed by atoms with van der Waals surface area (Å²) >= 11 is 5.88. The van der Waals surface area contributed by atoms with Gasteiger partial charge < -0.3 is 5.32 Å². The summed E-state index contributed by atoms with van der Waals surface area (Å²) in [6.07, 6.45) is 3.50. The molecule has 2 rings (SSSR count). The zero-order valence-electron chi connectivity index (χ0n) is 11.4. The lowest BCUT2D eigenvalue weighted by Crippen LogP contribution is -1.95. The fourth-order valence-electron chi connectivity index (χ4n) is 1.91. The van der Waals surface area contributed by atoms with Crippen LogP contribution in [0, 0.1) is 11.3 Å². The predicted octanol–water partition coefficient (Wildman–Crippen LogP) is 4.69. The molecule has 102 valence electrons. The first kappa shape index (κ1) is 14.4. The lowest BCUT2D eigenvalue weighted by molar-refractivity contribution is 0.795. The number of hydrogen-bond donors (Lipinski definition) is 1. The predicted molar refractivity (Wildman–Crippen MR) is 82.3 cm³/mol. The number of halogens is 1. The molecule has 3 nitrogen and oxygen atoms in total. The zero-order valence-corrected chi connectivity index (χ0v) is 12.1. The van der Waals surface area contributed by atoms with E-state index < -0.39 is 0 Å². The van der Waals surface area contributed by atoms with Gasteiger partial charge in [0.1, 0.15) is 11.0 Å². The standard InChI is InChI=1S/C16H16ClN3/c1-2-3-4-12-5-7-14(8-6-12)19-16-10-13(11-18)9-15(17)20-16/h5-10H,2-4H2,1H3,(H,19,20). The molecule has 2 aromatic rings. The van der Waals surface area contributed by atoms with E-state index in [1.54, 1.807) is 12.1 Å². The van der Waals surface area contributed by atoms with Gasteiger partial charge in [0, 0.05) is 5.69 Å². The van der Waals surface area contributed by atoms with Gasteiger partial charge in [-0.3, -0.25) is 0 Å². The van der Waals surface area contributed by atoms with Crippen LogP contribution in [0.3, 0.4) is 0 Å². The highest BCUT2D eigenvalue weighted by molar-refractivity contribution is 6.29. The second-order valence-electron chi connectivity index (χ2n) is 4.60. The van der Waals surface area contributed by atoms with Crippen LogP contribution in [0.25, 0.3) is 0 Å². The highest BCUT2D eigenvalue weighted by Crippen LogP contribution is 2.19. The van der Waals surface area contributed by atoms with Gasteiger partial charge in [0.2, 0.25) is 0 Å². The molecule has 20 heavy (non-hydrogen) atoms. The number of benzene rings is 1. The van der Waals surface area contributed by atoms with Gasteiger partial charge in [0.05, 0.1) is 11.6 Å². The van der Waals surface area contributed by atoms with Crippen molar-refractivity contribution in [2.24, 2.45) is 0 Å². The molecule has 0 aliphatic carbocycles. The Labute approximate surface area is 124 Å². The Morgan fingerprint density at radius 1 is 1.25 bits per heavy atom. The molecule has 0 bridgehead atoms. The molecule has 0 amide bonds.